The molecule has 1 aliphatic heterocycles. The molecule has 0 bridgehead atoms. The lowest BCUT2D eigenvalue weighted by molar-refractivity contribution is -0.121. The first-order valence-electron chi connectivity index (χ1n) is 8.34. The SMILES string of the molecule is O=C(Cc1ccc(-n2cnnc2)cc1)NC1CCN(CC(F)F)CC1. The normalized spacial score (nSPS) is 16.3. The summed E-state index contributed by atoms with van der Waals surface area (Å²) in [5.74, 6) is -0.0376. The number of aromatic nitrogens is 3. The molecule has 0 atom stereocenters. The van der Waals surface area contributed by atoms with Crippen LogP contribution in [0.1, 0.15) is 18.4 Å². The molecule has 6 nitrogen and oxygen atoms in total. The molecule has 0 saturated carbocycles. The quantitative estimate of drug-likeness (QED) is 0.861. The van der Waals surface area contributed by atoms with Crippen molar-refractivity contribution in [3.05, 3.63) is 42.5 Å². The number of nitrogens with one attached hydrogen (secondary N) is 1. The number of amides is 1. The zero-order valence-corrected chi connectivity index (χ0v) is 13.8. The highest BCUT2D eigenvalue weighted by Crippen LogP contribution is 2.13. The number of halogens is 2. The van der Waals surface area contributed by atoms with E-state index in [-0.39, 0.29) is 18.5 Å². The molecular formula is C17H21F2N5O. The van der Waals surface area contributed by atoms with Gasteiger partial charge in [-0.05, 0) is 30.5 Å². The summed E-state index contributed by atoms with van der Waals surface area (Å²) >= 11 is 0. The second-order valence-corrected chi connectivity index (χ2v) is 6.25. The maximum atomic E-state index is 12.4. The van der Waals surface area contributed by atoms with E-state index in [9.17, 15) is 13.6 Å². The van der Waals surface area contributed by atoms with Crippen molar-refractivity contribution in [1.29, 1.82) is 0 Å². The Balaban J connectivity index is 1.45. The first-order chi connectivity index (χ1) is 12.1. The van der Waals surface area contributed by atoms with Crippen LogP contribution < -0.4 is 5.32 Å². The van der Waals surface area contributed by atoms with Gasteiger partial charge in [0, 0.05) is 24.8 Å². The Bertz CT molecular complexity index is 667. The highest BCUT2D eigenvalue weighted by atomic mass is 19.3. The van der Waals surface area contributed by atoms with Gasteiger partial charge in [-0.15, -0.1) is 10.2 Å². The van der Waals surface area contributed by atoms with Crippen LogP contribution in [0.5, 0.6) is 0 Å². The van der Waals surface area contributed by atoms with Crippen LogP contribution in [0.3, 0.4) is 0 Å². The molecule has 0 unspecified atom stereocenters. The molecule has 8 heteroatoms. The largest absolute Gasteiger partial charge is 0.353 e. The third kappa shape index (κ3) is 5.06. The van der Waals surface area contributed by atoms with E-state index in [4.69, 9.17) is 0 Å². The van der Waals surface area contributed by atoms with Crippen molar-refractivity contribution in [1.82, 2.24) is 25.0 Å². The van der Waals surface area contributed by atoms with Crippen molar-refractivity contribution in [3.8, 4) is 5.69 Å². The predicted molar refractivity (Wildman–Crippen MR) is 88.7 cm³/mol. The summed E-state index contributed by atoms with van der Waals surface area (Å²) in [6.45, 7) is 1.02. The molecule has 1 aromatic heterocycles. The van der Waals surface area contributed by atoms with Crippen molar-refractivity contribution in [2.45, 2.75) is 31.7 Å². The molecule has 25 heavy (non-hydrogen) atoms. The van der Waals surface area contributed by atoms with Crippen LogP contribution in [0, 0.1) is 0 Å². The number of piperidine rings is 1. The molecule has 2 heterocycles. The average molecular weight is 349 g/mol. The predicted octanol–water partition coefficient (Wildman–Crippen LogP) is 1.66. The number of carbonyl (C=O) groups is 1. The Morgan fingerprint density at radius 3 is 2.40 bits per heavy atom. The van der Waals surface area contributed by atoms with Crippen molar-refractivity contribution in [2.75, 3.05) is 19.6 Å². The number of carbonyl (C=O) groups excluding carboxylic acids is 1. The summed E-state index contributed by atoms with van der Waals surface area (Å²) in [4.78, 5) is 13.9. The summed E-state index contributed by atoms with van der Waals surface area (Å²) < 4.78 is 26.5. The van der Waals surface area contributed by atoms with Crippen molar-refractivity contribution < 1.29 is 13.6 Å². The maximum absolute atomic E-state index is 12.4. The Kier molecular flexibility index (Phi) is 5.70. The number of benzene rings is 1. The zero-order valence-electron chi connectivity index (χ0n) is 13.8. The fourth-order valence-corrected chi connectivity index (χ4v) is 3.04. The van der Waals surface area contributed by atoms with Gasteiger partial charge >= 0.3 is 0 Å². The Labute approximate surface area is 144 Å². The van der Waals surface area contributed by atoms with Gasteiger partial charge in [0.15, 0.2) is 0 Å². The van der Waals surface area contributed by atoms with Gasteiger partial charge in [-0.3, -0.25) is 14.3 Å². The minimum absolute atomic E-state index is 0.0376. The molecule has 1 aliphatic rings. The van der Waals surface area contributed by atoms with E-state index in [1.54, 1.807) is 22.1 Å². The fraction of sp³-hybridized carbons (Fsp3) is 0.471. The van der Waals surface area contributed by atoms with E-state index in [0.29, 0.717) is 32.4 Å². The number of likely N-dealkylation sites (tertiary alicyclic amines) is 1. The van der Waals surface area contributed by atoms with Gasteiger partial charge in [-0.1, -0.05) is 12.1 Å². The molecule has 3 rings (SSSR count). The average Bonchev–Trinajstić information content (AvgIpc) is 3.11. The molecule has 1 aromatic carbocycles. The van der Waals surface area contributed by atoms with Crippen LogP contribution in [0.25, 0.3) is 5.69 Å². The summed E-state index contributed by atoms with van der Waals surface area (Å²) in [5.41, 5.74) is 1.85. The Morgan fingerprint density at radius 2 is 1.80 bits per heavy atom. The first-order valence-corrected chi connectivity index (χ1v) is 8.34. The molecule has 1 N–H and O–H groups in total. The summed E-state index contributed by atoms with van der Waals surface area (Å²) in [6.07, 6.45) is 2.66. The number of alkyl halides is 2. The molecule has 2 aromatic rings. The second kappa shape index (κ2) is 8.15. The van der Waals surface area contributed by atoms with Gasteiger partial charge in [0.05, 0.1) is 13.0 Å². The first kappa shape index (κ1) is 17.5. The van der Waals surface area contributed by atoms with E-state index < -0.39 is 6.43 Å². The third-order valence-electron chi connectivity index (χ3n) is 4.37. The van der Waals surface area contributed by atoms with Crippen LogP contribution in [0.2, 0.25) is 0 Å². The third-order valence-corrected chi connectivity index (χ3v) is 4.37. The topological polar surface area (TPSA) is 63.1 Å². The standard InChI is InChI=1S/C17H21F2N5O/c18-16(19)10-23-7-5-14(6-8-23)22-17(25)9-13-1-3-15(4-2-13)24-11-20-21-12-24/h1-4,11-12,14,16H,5-10H2,(H,22,25). The minimum atomic E-state index is -2.30. The smallest absolute Gasteiger partial charge is 0.251 e. The van der Waals surface area contributed by atoms with E-state index in [2.05, 4.69) is 15.5 Å². The highest BCUT2D eigenvalue weighted by Gasteiger charge is 2.22. The molecule has 0 spiro atoms. The summed E-state index contributed by atoms with van der Waals surface area (Å²) in [6, 6.07) is 7.70. The van der Waals surface area contributed by atoms with E-state index in [1.165, 1.54) is 0 Å². The molecule has 134 valence electrons. The monoisotopic (exact) mass is 349 g/mol. The van der Waals surface area contributed by atoms with E-state index in [0.717, 1.165) is 11.3 Å². The highest BCUT2D eigenvalue weighted by molar-refractivity contribution is 5.78. The van der Waals surface area contributed by atoms with E-state index in [1.807, 2.05) is 24.3 Å². The van der Waals surface area contributed by atoms with Crippen LogP contribution in [0.15, 0.2) is 36.9 Å². The van der Waals surface area contributed by atoms with Crippen LogP contribution in [0.4, 0.5) is 8.78 Å². The Hall–Kier alpha value is -2.35. The van der Waals surface area contributed by atoms with Gasteiger partial charge in [-0.2, -0.15) is 0 Å². The molecule has 1 saturated heterocycles. The molecule has 1 amide bonds. The number of hydrogen-bond acceptors (Lipinski definition) is 4. The molecule has 0 aliphatic carbocycles. The van der Waals surface area contributed by atoms with Crippen molar-refractivity contribution in [3.63, 3.8) is 0 Å². The fourth-order valence-electron chi connectivity index (χ4n) is 3.04. The maximum Gasteiger partial charge on any atom is 0.251 e. The van der Waals surface area contributed by atoms with Gasteiger partial charge < -0.3 is 5.32 Å². The van der Waals surface area contributed by atoms with Gasteiger partial charge in [0.1, 0.15) is 12.7 Å². The van der Waals surface area contributed by atoms with E-state index >= 15 is 0 Å². The lowest BCUT2D eigenvalue weighted by Crippen LogP contribution is -2.46. The Morgan fingerprint density at radius 1 is 1.16 bits per heavy atom. The van der Waals surface area contributed by atoms with Crippen LogP contribution >= 0.6 is 0 Å². The molecule has 1 fully saturated rings. The van der Waals surface area contributed by atoms with Crippen LogP contribution in [-0.4, -0.2) is 57.7 Å². The number of nitrogens with zero attached hydrogens (tertiary/aromatic N) is 4. The van der Waals surface area contributed by atoms with Crippen LogP contribution in [-0.2, 0) is 11.2 Å². The van der Waals surface area contributed by atoms with Gasteiger partial charge in [0.25, 0.3) is 6.43 Å². The lowest BCUT2D eigenvalue weighted by Gasteiger charge is -2.32. The van der Waals surface area contributed by atoms with Crippen molar-refractivity contribution in [2.24, 2.45) is 0 Å². The molecule has 0 radical (unpaired) electrons. The minimum Gasteiger partial charge on any atom is -0.353 e. The summed E-state index contributed by atoms with van der Waals surface area (Å²) in [5, 5.41) is 10.5. The molecular weight excluding hydrogens is 328 g/mol. The lowest BCUT2D eigenvalue weighted by atomic mass is 10.0. The summed E-state index contributed by atoms with van der Waals surface area (Å²) in [7, 11) is 0. The van der Waals surface area contributed by atoms with Gasteiger partial charge in [-0.25, -0.2) is 8.78 Å². The number of hydrogen-bond donors (Lipinski definition) is 1. The second-order valence-electron chi connectivity index (χ2n) is 6.25. The van der Waals surface area contributed by atoms with Crippen molar-refractivity contribution >= 4 is 5.91 Å². The van der Waals surface area contributed by atoms with Gasteiger partial charge in [0.2, 0.25) is 5.91 Å². The number of rotatable bonds is 6. The zero-order chi connectivity index (χ0) is 17.6.